The van der Waals surface area contributed by atoms with Crippen LogP contribution in [0.5, 0.6) is 0 Å². The maximum Gasteiger partial charge on any atom is 0.211 e. The lowest BCUT2D eigenvalue weighted by Gasteiger charge is -2.32. The maximum absolute atomic E-state index is 11.8. The monoisotopic (exact) mass is 329 g/mol. The Labute approximate surface area is 131 Å². The molecule has 1 unspecified atom stereocenters. The minimum absolute atomic E-state index is 0.0617. The average Bonchev–Trinajstić information content (AvgIpc) is 2.96. The first-order valence-electron chi connectivity index (χ1n) is 7.67. The molecular formula is C14H23N3O4S. The Morgan fingerprint density at radius 3 is 2.86 bits per heavy atom. The normalized spacial score (nSPS) is 24.3. The molecule has 124 valence electrons. The van der Waals surface area contributed by atoms with E-state index in [1.807, 2.05) is 10.7 Å². The van der Waals surface area contributed by atoms with Gasteiger partial charge in [-0.05, 0) is 24.8 Å². The molecule has 1 atom stereocenters. The summed E-state index contributed by atoms with van der Waals surface area (Å²) in [5.74, 6) is 0.542. The van der Waals surface area contributed by atoms with Crippen molar-refractivity contribution in [2.24, 2.45) is 5.92 Å². The fourth-order valence-electron chi connectivity index (χ4n) is 3.01. The highest BCUT2D eigenvalue weighted by Gasteiger charge is 2.30. The maximum atomic E-state index is 11.8. The van der Waals surface area contributed by atoms with Crippen LogP contribution in [0.1, 0.15) is 24.6 Å². The highest BCUT2D eigenvalue weighted by Crippen LogP contribution is 2.23. The lowest BCUT2D eigenvalue weighted by Crippen LogP contribution is -2.42. The zero-order valence-corrected chi connectivity index (χ0v) is 13.7. The molecule has 0 radical (unpaired) electrons. The smallest absolute Gasteiger partial charge is 0.211 e. The van der Waals surface area contributed by atoms with E-state index in [0.29, 0.717) is 32.2 Å². The van der Waals surface area contributed by atoms with Crippen LogP contribution in [0.15, 0.2) is 12.3 Å². The number of nitrogens with zero attached hydrogens (tertiary/aromatic N) is 3. The number of aromatic nitrogens is 2. The van der Waals surface area contributed by atoms with Gasteiger partial charge in [-0.1, -0.05) is 0 Å². The minimum Gasteiger partial charge on any atom is -0.381 e. The zero-order valence-electron chi connectivity index (χ0n) is 12.8. The summed E-state index contributed by atoms with van der Waals surface area (Å²) in [4.78, 5) is 0. The summed E-state index contributed by atoms with van der Waals surface area (Å²) in [6.07, 6.45) is 5.03. The molecule has 0 N–H and O–H groups in total. The molecule has 2 aliphatic rings. The van der Waals surface area contributed by atoms with Gasteiger partial charge in [-0.25, -0.2) is 8.42 Å². The second-order valence-electron chi connectivity index (χ2n) is 6.07. The highest BCUT2D eigenvalue weighted by molar-refractivity contribution is 7.88. The van der Waals surface area contributed by atoms with Gasteiger partial charge in [0.1, 0.15) is 0 Å². The van der Waals surface area contributed by atoms with E-state index in [2.05, 4.69) is 5.10 Å². The van der Waals surface area contributed by atoms with Crippen molar-refractivity contribution in [1.82, 2.24) is 14.1 Å². The standard InChI is InChI=1S/C14H23N3O4S/c1-22(18,19)16-8-13-2-5-15-17(13)14(9-16)11-21-10-12-3-6-20-7-4-12/h2,5,12,14H,3-4,6-11H2,1H3. The van der Waals surface area contributed by atoms with Gasteiger partial charge in [-0.15, -0.1) is 0 Å². The van der Waals surface area contributed by atoms with Crippen molar-refractivity contribution in [3.63, 3.8) is 0 Å². The van der Waals surface area contributed by atoms with Crippen LogP contribution in [-0.4, -0.2) is 61.7 Å². The third kappa shape index (κ3) is 3.68. The number of fused-ring (bicyclic) bond motifs is 1. The molecule has 0 bridgehead atoms. The van der Waals surface area contributed by atoms with Crippen LogP contribution >= 0.6 is 0 Å². The van der Waals surface area contributed by atoms with E-state index < -0.39 is 10.0 Å². The van der Waals surface area contributed by atoms with Crippen LogP contribution < -0.4 is 0 Å². The van der Waals surface area contributed by atoms with Gasteiger partial charge in [0.2, 0.25) is 10.0 Å². The predicted octanol–water partition coefficient (Wildman–Crippen LogP) is 0.643. The van der Waals surface area contributed by atoms with Crippen molar-refractivity contribution < 1.29 is 17.9 Å². The second kappa shape index (κ2) is 6.66. The Morgan fingerprint density at radius 1 is 1.36 bits per heavy atom. The number of ether oxygens (including phenoxy) is 2. The van der Waals surface area contributed by atoms with Crippen LogP contribution in [0, 0.1) is 5.92 Å². The third-order valence-electron chi connectivity index (χ3n) is 4.32. The summed E-state index contributed by atoms with van der Waals surface area (Å²) >= 11 is 0. The SMILES string of the molecule is CS(=O)(=O)N1Cc2ccnn2C(COCC2CCOCC2)C1. The minimum atomic E-state index is -3.20. The summed E-state index contributed by atoms with van der Waals surface area (Å²) in [6, 6.07) is 1.80. The average molecular weight is 329 g/mol. The zero-order chi connectivity index (χ0) is 15.6. The fraction of sp³-hybridized carbons (Fsp3) is 0.786. The van der Waals surface area contributed by atoms with Gasteiger partial charge in [-0.3, -0.25) is 4.68 Å². The van der Waals surface area contributed by atoms with Crippen molar-refractivity contribution >= 4 is 10.0 Å². The topological polar surface area (TPSA) is 73.7 Å². The van der Waals surface area contributed by atoms with Crippen LogP contribution in [0.3, 0.4) is 0 Å². The molecule has 0 aromatic carbocycles. The molecule has 2 aliphatic heterocycles. The molecule has 1 aromatic heterocycles. The number of hydrogen-bond acceptors (Lipinski definition) is 5. The van der Waals surface area contributed by atoms with Crippen LogP contribution in [0.25, 0.3) is 0 Å². The molecule has 3 rings (SSSR count). The van der Waals surface area contributed by atoms with E-state index in [0.717, 1.165) is 31.7 Å². The first-order chi connectivity index (χ1) is 10.5. The van der Waals surface area contributed by atoms with E-state index in [1.165, 1.54) is 10.6 Å². The molecule has 0 aliphatic carbocycles. The van der Waals surface area contributed by atoms with Crippen LogP contribution in [0.2, 0.25) is 0 Å². The summed E-state index contributed by atoms with van der Waals surface area (Å²) in [5, 5.41) is 4.32. The molecule has 1 saturated heterocycles. The van der Waals surface area contributed by atoms with Crippen molar-refractivity contribution in [2.45, 2.75) is 25.4 Å². The van der Waals surface area contributed by atoms with Gasteiger partial charge in [0.15, 0.2) is 0 Å². The van der Waals surface area contributed by atoms with Crippen molar-refractivity contribution in [2.75, 3.05) is 39.2 Å². The molecule has 7 nitrogen and oxygen atoms in total. The summed E-state index contributed by atoms with van der Waals surface area (Å²) < 4.78 is 38.2. The van der Waals surface area contributed by atoms with Gasteiger partial charge in [0.05, 0.1) is 31.1 Å². The fourth-order valence-corrected chi connectivity index (χ4v) is 3.82. The molecule has 8 heteroatoms. The Balaban J connectivity index is 1.60. The predicted molar refractivity (Wildman–Crippen MR) is 80.9 cm³/mol. The number of rotatable bonds is 5. The second-order valence-corrected chi connectivity index (χ2v) is 8.05. The van der Waals surface area contributed by atoms with Crippen molar-refractivity contribution in [1.29, 1.82) is 0 Å². The first-order valence-corrected chi connectivity index (χ1v) is 9.52. The Kier molecular flexibility index (Phi) is 4.82. The molecule has 0 spiro atoms. The summed E-state index contributed by atoms with van der Waals surface area (Å²) in [6.45, 7) is 3.61. The molecule has 1 aromatic rings. The molecule has 0 amide bonds. The van der Waals surface area contributed by atoms with Crippen molar-refractivity contribution in [3.8, 4) is 0 Å². The molecule has 3 heterocycles. The van der Waals surface area contributed by atoms with Gasteiger partial charge in [-0.2, -0.15) is 9.40 Å². The molecule has 1 fully saturated rings. The quantitative estimate of drug-likeness (QED) is 0.793. The summed E-state index contributed by atoms with van der Waals surface area (Å²) in [7, 11) is -3.20. The molecule has 0 saturated carbocycles. The van der Waals surface area contributed by atoms with E-state index >= 15 is 0 Å². The lowest BCUT2D eigenvalue weighted by atomic mass is 10.0. The van der Waals surface area contributed by atoms with Crippen LogP contribution in [0.4, 0.5) is 0 Å². The Hall–Kier alpha value is -0.960. The van der Waals surface area contributed by atoms with E-state index in [-0.39, 0.29) is 6.04 Å². The van der Waals surface area contributed by atoms with Gasteiger partial charge in [0, 0.05) is 32.6 Å². The van der Waals surface area contributed by atoms with E-state index in [1.54, 1.807) is 6.20 Å². The van der Waals surface area contributed by atoms with Gasteiger partial charge in [0.25, 0.3) is 0 Å². The highest BCUT2D eigenvalue weighted by atomic mass is 32.2. The van der Waals surface area contributed by atoms with Gasteiger partial charge < -0.3 is 9.47 Å². The molecular weight excluding hydrogens is 306 g/mol. The third-order valence-corrected chi connectivity index (χ3v) is 5.54. The Bertz CT molecular complexity index is 595. The first kappa shape index (κ1) is 15.9. The number of sulfonamides is 1. The molecule has 22 heavy (non-hydrogen) atoms. The lowest BCUT2D eigenvalue weighted by molar-refractivity contribution is 0.00776. The van der Waals surface area contributed by atoms with E-state index in [9.17, 15) is 8.42 Å². The van der Waals surface area contributed by atoms with Gasteiger partial charge >= 0.3 is 0 Å². The number of hydrogen-bond donors (Lipinski definition) is 0. The van der Waals surface area contributed by atoms with E-state index in [4.69, 9.17) is 9.47 Å². The summed E-state index contributed by atoms with van der Waals surface area (Å²) in [5.41, 5.74) is 0.913. The van der Waals surface area contributed by atoms with Crippen LogP contribution in [-0.2, 0) is 26.0 Å². The van der Waals surface area contributed by atoms with Crippen molar-refractivity contribution in [3.05, 3.63) is 18.0 Å². The largest absolute Gasteiger partial charge is 0.381 e. The Morgan fingerprint density at radius 2 is 2.14 bits per heavy atom.